The number of carbonyl (C=O) groups is 3. The number of amides is 3. The van der Waals surface area contributed by atoms with Crippen molar-refractivity contribution in [3.8, 4) is 0 Å². The standard InChI is InChI=1S/C19H25ClN4O3/c20-15-4-1-5-16(14-15)22-10-12-24(13-11-22)19(27)18(26)21-7-3-9-23-8-2-6-17(23)25/h1,4-5,14H,2-3,6-13H2,(H,21,26). The van der Waals surface area contributed by atoms with E-state index in [-0.39, 0.29) is 5.91 Å². The fourth-order valence-corrected chi connectivity index (χ4v) is 3.66. The molecule has 2 fully saturated rings. The van der Waals surface area contributed by atoms with E-state index in [2.05, 4.69) is 10.2 Å². The van der Waals surface area contributed by atoms with E-state index in [9.17, 15) is 14.4 Å². The third-order valence-electron chi connectivity index (χ3n) is 5.00. The van der Waals surface area contributed by atoms with Crippen molar-refractivity contribution < 1.29 is 14.4 Å². The number of hydrogen-bond donors (Lipinski definition) is 1. The minimum atomic E-state index is -0.570. The highest BCUT2D eigenvalue weighted by molar-refractivity contribution is 6.35. The zero-order chi connectivity index (χ0) is 19.2. The van der Waals surface area contributed by atoms with Gasteiger partial charge in [-0.1, -0.05) is 17.7 Å². The van der Waals surface area contributed by atoms with Crippen molar-refractivity contribution >= 4 is 35.0 Å². The van der Waals surface area contributed by atoms with E-state index >= 15 is 0 Å². The monoisotopic (exact) mass is 392 g/mol. The number of carbonyl (C=O) groups excluding carboxylic acids is 3. The van der Waals surface area contributed by atoms with Gasteiger partial charge in [-0.3, -0.25) is 14.4 Å². The van der Waals surface area contributed by atoms with Gasteiger partial charge in [0.05, 0.1) is 0 Å². The van der Waals surface area contributed by atoms with Crippen molar-refractivity contribution in [1.82, 2.24) is 15.1 Å². The number of piperazine rings is 1. The molecule has 146 valence electrons. The van der Waals surface area contributed by atoms with Crippen LogP contribution in [-0.2, 0) is 14.4 Å². The highest BCUT2D eigenvalue weighted by atomic mass is 35.5. The van der Waals surface area contributed by atoms with Gasteiger partial charge in [0.1, 0.15) is 0 Å². The molecule has 2 heterocycles. The molecular weight excluding hydrogens is 368 g/mol. The van der Waals surface area contributed by atoms with Gasteiger partial charge in [0.15, 0.2) is 0 Å². The van der Waals surface area contributed by atoms with Crippen LogP contribution in [0, 0.1) is 0 Å². The maximum Gasteiger partial charge on any atom is 0.312 e. The van der Waals surface area contributed by atoms with Crippen LogP contribution in [0.2, 0.25) is 5.02 Å². The molecule has 3 rings (SSSR count). The Morgan fingerprint density at radius 3 is 2.56 bits per heavy atom. The first-order valence-electron chi connectivity index (χ1n) is 9.40. The molecule has 0 radical (unpaired) electrons. The van der Waals surface area contributed by atoms with Crippen molar-refractivity contribution in [2.45, 2.75) is 19.3 Å². The van der Waals surface area contributed by atoms with Crippen LogP contribution in [0.25, 0.3) is 0 Å². The summed E-state index contributed by atoms with van der Waals surface area (Å²) in [6.45, 7) is 4.15. The molecule has 2 aliphatic heterocycles. The third kappa shape index (κ3) is 5.13. The molecule has 0 unspecified atom stereocenters. The smallest absolute Gasteiger partial charge is 0.312 e. The molecule has 7 nitrogen and oxygen atoms in total. The van der Waals surface area contributed by atoms with E-state index < -0.39 is 11.8 Å². The zero-order valence-electron chi connectivity index (χ0n) is 15.3. The molecule has 2 aliphatic rings. The van der Waals surface area contributed by atoms with E-state index in [1.807, 2.05) is 29.2 Å². The summed E-state index contributed by atoms with van der Waals surface area (Å²) in [5.74, 6) is -0.882. The van der Waals surface area contributed by atoms with Crippen LogP contribution in [0.3, 0.4) is 0 Å². The molecule has 0 saturated carbocycles. The predicted molar refractivity (Wildman–Crippen MR) is 104 cm³/mol. The topological polar surface area (TPSA) is 73.0 Å². The summed E-state index contributed by atoms with van der Waals surface area (Å²) < 4.78 is 0. The average Bonchev–Trinajstić information content (AvgIpc) is 3.09. The predicted octanol–water partition coefficient (Wildman–Crippen LogP) is 1.12. The Hall–Kier alpha value is -2.28. The lowest BCUT2D eigenvalue weighted by molar-refractivity contribution is -0.146. The molecule has 0 aromatic heterocycles. The lowest BCUT2D eigenvalue weighted by Crippen LogP contribution is -2.52. The van der Waals surface area contributed by atoms with Crippen molar-refractivity contribution in [2.24, 2.45) is 0 Å². The second-order valence-electron chi connectivity index (χ2n) is 6.85. The van der Waals surface area contributed by atoms with Gasteiger partial charge in [0, 0.05) is 62.9 Å². The molecule has 27 heavy (non-hydrogen) atoms. The minimum absolute atomic E-state index is 0.176. The Balaban J connectivity index is 1.38. The largest absolute Gasteiger partial charge is 0.368 e. The van der Waals surface area contributed by atoms with Crippen LogP contribution in [0.1, 0.15) is 19.3 Å². The van der Waals surface area contributed by atoms with E-state index in [4.69, 9.17) is 11.6 Å². The first kappa shape index (κ1) is 19.5. The van der Waals surface area contributed by atoms with E-state index in [0.29, 0.717) is 57.1 Å². The average molecular weight is 393 g/mol. The van der Waals surface area contributed by atoms with Gasteiger partial charge in [-0.15, -0.1) is 0 Å². The number of nitrogens with zero attached hydrogens (tertiary/aromatic N) is 3. The van der Waals surface area contributed by atoms with Crippen LogP contribution in [0.4, 0.5) is 5.69 Å². The Kier molecular flexibility index (Phi) is 6.55. The fraction of sp³-hybridized carbons (Fsp3) is 0.526. The lowest BCUT2D eigenvalue weighted by atomic mass is 10.2. The number of likely N-dealkylation sites (tertiary alicyclic amines) is 1. The van der Waals surface area contributed by atoms with Crippen LogP contribution in [-0.4, -0.2) is 73.3 Å². The zero-order valence-corrected chi connectivity index (χ0v) is 16.1. The Morgan fingerprint density at radius 2 is 1.89 bits per heavy atom. The first-order chi connectivity index (χ1) is 13.0. The maximum absolute atomic E-state index is 12.3. The fourth-order valence-electron chi connectivity index (χ4n) is 3.47. The van der Waals surface area contributed by atoms with E-state index in [1.165, 1.54) is 0 Å². The molecule has 2 saturated heterocycles. The summed E-state index contributed by atoms with van der Waals surface area (Å²) in [5.41, 5.74) is 1.02. The molecule has 3 amide bonds. The molecule has 1 N–H and O–H groups in total. The molecule has 8 heteroatoms. The quantitative estimate of drug-likeness (QED) is 0.602. The summed E-state index contributed by atoms with van der Waals surface area (Å²) in [4.78, 5) is 41.5. The van der Waals surface area contributed by atoms with Crippen molar-refractivity contribution in [3.05, 3.63) is 29.3 Å². The number of rotatable bonds is 5. The van der Waals surface area contributed by atoms with Crippen LogP contribution >= 0.6 is 11.6 Å². The number of anilines is 1. The molecule has 1 aromatic carbocycles. The van der Waals surface area contributed by atoms with Gasteiger partial charge < -0.3 is 20.0 Å². The SMILES string of the molecule is O=C(NCCCN1CCCC1=O)C(=O)N1CCN(c2cccc(Cl)c2)CC1. The highest BCUT2D eigenvalue weighted by Crippen LogP contribution is 2.20. The van der Waals surface area contributed by atoms with Gasteiger partial charge in [-0.2, -0.15) is 0 Å². The van der Waals surface area contributed by atoms with Crippen molar-refractivity contribution in [2.75, 3.05) is 50.7 Å². The summed E-state index contributed by atoms with van der Waals surface area (Å²) in [6.07, 6.45) is 2.18. The third-order valence-corrected chi connectivity index (χ3v) is 5.23. The molecule has 0 bridgehead atoms. The second kappa shape index (κ2) is 9.08. The normalized spacial score (nSPS) is 17.4. The van der Waals surface area contributed by atoms with Gasteiger partial charge in [-0.05, 0) is 31.0 Å². The Morgan fingerprint density at radius 1 is 1.11 bits per heavy atom. The molecular formula is C19H25ClN4O3. The first-order valence-corrected chi connectivity index (χ1v) is 9.78. The van der Waals surface area contributed by atoms with Gasteiger partial charge in [0.2, 0.25) is 5.91 Å². The summed E-state index contributed by atoms with van der Waals surface area (Å²) >= 11 is 6.03. The Labute approximate surface area is 164 Å². The minimum Gasteiger partial charge on any atom is -0.368 e. The van der Waals surface area contributed by atoms with E-state index in [1.54, 1.807) is 4.90 Å². The number of nitrogens with one attached hydrogen (secondary N) is 1. The van der Waals surface area contributed by atoms with Crippen LogP contribution < -0.4 is 10.2 Å². The molecule has 0 aliphatic carbocycles. The van der Waals surface area contributed by atoms with Crippen LogP contribution in [0.5, 0.6) is 0 Å². The molecule has 0 spiro atoms. The van der Waals surface area contributed by atoms with Crippen molar-refractivity contribution in [3.63, 3.8) is 0 Å². The lowest BCUT2D eigenvalue weighted by Gasteiger charge is -2.35. The number of halogens is 1. The second-order valence-corrected chi connectivity index (χ2v) is 7.29. The summed E-state index contributed by atoms with van der Waals surface area (Å²) in [7, 11) is 0. The van der Waals surface area contributed by atoms with Crippen LogP contribution in [0.15, 0.2) is 24.3 Å². The summed E-state index contributed by atoms with van der Waals surface area (Å²) in [6, 6.07) is 7.62. The molecule has 1 aromatic rings. The summed E-state index contributed by atoms with van der Waals surface area (Å²) in [5, 5.41) is 3.35. The van der Waals surface area contributed by atoms with Gasteiger partial charge in [-0.25, -0.2) is 0 Å². The molecule has 0 atom stereocenters. The van der Waals surface area contributed by atoms with Crippen molar-refractivity contribution in [1.29, 1.82) is 0 Å². The Bertz CT molecular complexity index is 704. The van der Waals surface area contributed by atoms with Gasteiger partial charge in [0.25, 0.3) is 0 Å². The highest BCUT2D eigenvalue weighted by Gasteiger charge is 2.26. The van der Waals surface area contributed by atoms with Gasteiger partial charge >= 0.3 is 11.8 Å². The van der Waals surface area contributed by atoms with E-state index in [0.717, 1.165) is 18.7 Å². The maximum atomic E-state index is 12.3. The number of hydrogen-bond acceptors (Lipinski definition) is 4. The number of benzene rings is 1.